The Hall–Kier alpha value is -3.48. The van der Waals surface area contributed by atoms with E-state index in [1.807, 2.05) is 6.92 Å². The van der Waals surface area contributed by atoms with Crippen molar-refractivity contribution < 1.29 is 29.1 Å². The van der Waals surface area contributed by atoms with Gasteiger partial charge in [-0.3, -0.25) is 24.0 Å². The van der Waals surface area contributed by atoms with Crippen molar-refractivity contribution >= 4 is 29.6 Å². The molecule has 0 spiro atoms. The molecule has 33 heavy (non-hydrogen) atoms. The number of aromatic nitrogens is 2. The highest BCUT2D eigenvalue weighted by Crippen LogP contribution is 2.10. The Morgan fingerprint density at radius 3 is 2.27 bits per heavy atom. The number of aromatic amines is 1. The summed E-state index contributed by atoms with van der Waals surface area (Å²) >= 11 is 0. The highest BCUT2D eigenvalue weighted by molar-refractivity contribution is 5.94. The van der Waals surface area contributed by atoms with Gasteiger partial charge in [0.1, 0.15) is 18.1 Å². The number of carbonyl (C=O) groups is 5. The average molecular weight is 468 g/mol. The maximum atomic E-state index is 13.1. The summed E-state index contributed by atoms with van der Waals surface area (Å²) in [5.41, 5.74) is 11.4. The van der Waals surface area contributed by atoms with Crippen molar-refractivity contribution in [2.24, 2.45) is 17.4 Å². The van der Waals surface area contributed by atoms with E-state index in [0.717, 1.165) is 0 Å². The second kappa shape index (κ2) is 13.2. The summed E-state index contributed by atoms with van der Waals surface area (Å²) in [6, 6.07) is -4.37. The van der Waals surface area contributed by atoms with Crippen molar-refractivity contribution in [1.29, 1.82) is 0 Å². The molecule has 0 aliphatic carbocycles. The van der Waals surface area contributed by atoms with Gasteiger partial charge in [-0.15, -0.1) is 0 Å². The first-order valence-corrected chi connectivity index (χ1v) is 10.6. The number of amides is 4. The highest BCUT2D eigenvalue weighted by atomic mass is 16.4. The Bertz CT molecular complexity index is 829. The molecule has 184 valence electrons. The number of imidazole rings is 1. The van der Waals surface area contributed by atoms with Gasteiger partial charge in [0, 0.05) is 24.7 Å². The van der Waals surface area contributed by atoms with E-state index in [9.17, 15) is 24.0 Å². The van der Waals surface area contributed by atoms with E-state index in [1.165, 1.54) is 19.4 Å². The van der Waals surface area contributed by atoms with E-state index >= 15 is 0 Å². The number of primary amides is 1. The standard InChI is InChI=1S/C20H33N7O6/c1-4-10(2)16(19(31)25-11(3)20(32)33)27-18(30)14(7-12-8-23-9-24-12)26-17(29)13(21)5-6-15(22)28/h8-11,13-14,16H,4-7,21H2,1-3H3,(H2,22,28)(H,23,24)(H,25,31)(H,26,29)(H,27,30)(H,32,33). The Morgan fingerprint density at radius 2 is 1.76 bits per heavy atom. The third-order valence-electron chi connectivity index (χ3n) is 5.17. The molecule has 1 aromatic heterocycles. The minimum absolute atomic E-state index is 0.00450. The highest BCUT2D eigenvalue weighted by Gasteiger charge is 2.32. The molecule has 0 radical (unpaired) electrons. The summed E-state index contributed by atoms with van der Waals surface area (Å²) in [6.07, 6.45) is 3.35. The zero-order valence-corrected chi connectivity index (χ0v) is 19.0. The van der Waals surface area contributed by atoms with Crippen LogP contribution in [0.2, 0.25) is 0 Å². The number of carbonyl (C=O) groups excluding carboxylic acids is 4. The first-order chi connectivity index (χ1) is 15.5. The second-order valence-electron chi connectivity index (χ2n) is 7.89. The lowest BCUT2D eigenvalue weighted by Gasteiger charge is -2.27. The number of H-pyrrole nitrogens is 1. The van der Waals surface area contributed by atoms with Crippen LogP contribution in [0, 0.1) is 5.92 Å². The van der Waals surface area contributed by atoms with Crippen LogP contribution in [0.1, 0.15) is 45.7 Å². The van der Waals surface area contributed by atoms with Crippen LogP contribution in [0.4, 0.5) is 0 Å². The third-order valence-corrected chi connectivity index (χ3v) is 5.17. The topological polar surface area (TPSA) is 222 Å². The quantitative estimate of drug-likeness (QED) is 0.164. The maximum Gasteiger partial charge on any atom is 0.325 e. The molecule has 13 heteroatoms. The lowest BCUT2D eigenvalue weighted by molar-refractivity contribution is -0.142. The predicted octanol–water partition coefficient (Wildman–Crippen LogP) is -1.85. The Balaban J connectivity index is 3.00. The molecule has 0 aromatic carbocycles. The summed E-state index contributed by atoms with van der Waals surface area (Å²) < 4.78 is 0. The molecule has 1 aromatic rings. The summed E-state index contributed by atoms with van der Waals surface area (Å²) in [5.74, 6) is -4.13. The van der Waals surface area contributed by atoms with Gasteiger partial charge in [-0.1, -0.05) is 20.3 Å². The lowest BCUT2D eigenvalue weighted by Crippen LogP contribution is -2.59. The number of aliphatic carboxylic acids is 1. The molecule has 0 aliphatic rings. The normalized spacial score (nSPS) is 15.4. The first kappa shape index (κ1) is 27.6. The van der Waals surface area contributed by atoms with E-state index < -0.39 is 53.8 Å². The Kier molecular flexibility index (Phi) is 11.0. The zero-order chi connectivity index (χ0) is 25.1. The van der Waals surface area contributed by atoms with Crippen LogP contribution in [-0.4, -0.2) is 68.8 Å². The molecule has 1 heterocycles. The monoisotopic (exact) mass is 467 g/mol. The lowest BCUT2D eigenvalue weighted by atomic mass is 9.97. The second-order valence-corrected chi connectivity index (χ2v) is 7.89. The van der Waals surface area contributed by atoms with Gasteiger partial charge >= 0.3 is 5.97 Å². The molecule has 9 N–H and O–H groups in total. The Labute approximate surface area is 191 Å². The van der Waals surface area contributed by atoms with Gasteiger partial charge in [0.2, 0.25) is 23.6 Å². The van der Waals surface area contributed by atoms with Crippen LogP contribution in [0.3, 0.4) is 0 Å². The molecule has 13 nitrogen and oxygen atoms in total. The third kappa shape index (κ3) is 9.27. The molecule has 5 atom stereocenters. The fraction of sp³-hybridized carbons (Fsp3) is 0.600. The number of nitrogens with one attached hydrogen (secondary N) is 4. The summed E-state index contributed by atoms with van der Waals surface area (Å²) in [5, 5.41) is 16.6. The number of hydrogen-bond donors (Lipinski definition) is 7. The molecular weight excluding hydrogens is 434 g/mol. The van der Waals surface area contributed by atoms with Gasteiger partial charge in [0.25, 0.3) is 0 Å². The molecule has 0 saturated heterocycles. The number of carboxylic acids is 1. The average Bonchev–Trinajstić information content (AvgIpc) is 3.27. The minimum Gasteiger partial charge on any atom is -0.480 e. The molecule has 5 unspecified atom stereocenters. The van der Waals surface area contributed by atoms with Crippen LogP contribution in [0.25, 0.3) is 0 Å². The van der Waals surface area contributed by atoms with Crippen molar-refractivity contribution in [3.8, 4) is 0 Å². The number of rotatable bonds is 14. The van der Waals surface area contributed by atoms with Crippen LogP contribution in [0.15, 0.2) is 12.5 Å². The van der Waals surface area contributed by atoms with Gasteiger partial charge in [-0.05, 0) is 19.3 Å². The minimum atomic E-state index is -1.22. The van der Waals surface area contributed by atoms with Gasteiger partial charge in [-0.25, -0.2) is 4.98 Å². The maximum absolute atomic E-state index is 13.1. The molecule has 4 amide bonds. The van der Waals surface area contributed by atoms with E-state index in [0.29, 0.717) is 12.1 Å². The van der Waals surface area contributed by atoms with Crippen molar-refractivity contribution in [2.45, 2.75) is 70.6 Å². The summed E-state index contributed by atoms with van der Waals surface area (Å²) in [7, 11) is 0. The van der Waals surface area contributed by atoms with Crippen LogP contribution >= 0.6 is 0 Å². The summed E-state index contributed by atoms with van der Waals surface area (Å²) in [4.78, 5) is 67.0. The molecule has 0 aliphatic heterocycles. The van der Waals surface area contributed by atoms with E-state index in [4.69, 9.17) is 16.6 Å². The smallest absolute Gasteiger partial charge is 0.325 e. The van der Waals surface area contributed by atoms with E-state index in [-0.39, 0.29) is 25.2 Å². The van der Waals surface area contributed by atoms with Crippen LogP contribution in [-0.2, 0) is 30.4 Å². The predicted molar refractivity (Wildman–Crippen MR) is 117 cm³/mol. The fourth-order valence-electron chi connectivity index (χ4n) is 2.85. The molecular formula is C20H33N7O6. The zero-order valence-electron chi connectivity index (χ0n) is 19.0. The number of hydrogen-bond acceptors (Lipinski definition) is 7. The Morgan fingerprint density at radius 1 is 1.09 bits per heavy atom. The van der Waals surface area contributed by atoms with Crippen molar-refractivity contribution in [1.82, 2.24) is 25.9 Å². The summed E-state index contributed by atoms with van der Waals surface area (Å²) in [6.45, 7) is 4.86. The van der Waals surface area contributed by atoms with Crippen LogP contribution in [0.5, 0.6) is 0 Å². The number of nitrogens with zero attached hydrogens (tertiary/aromatic N) is 1. The number of carboxylic acid groups (broad SMARTS) is 1. The molecule has 0 bridgehead atoms. The molecule has 1 rings (SSSR count). The fourth-order valence-corrected chi connectivity index (χ4v) is 2.85. The van der Waals surface area contributed by atoms with E-state index in [2.05, 4.69) is 25.9 Å². The number of nitrogens with two attached hydrogens (primary N) is 2. The van der Waals surface area contributed by atoms with Crippen molar-refractivity contribution in [3.63, 3.8) is 0 Å². The SMILES string of the molecule is CCC(C)C(NC(=O)C(Cc1cnc[nH]1)NC(=O)C(N)CCC(N)=O)C(=O)NC(C)C(=O)O. The van der Waals surface area contributed by atoms with Crippen molar-refractivity contribution in [3.05, 3.63) is 18.2 Å². The van der Waals surface area contributed by atoms with E-state index in [1.54, 1.807) is 6.92 Å². The largest absolute Gasteiger partial charge is 0.480 e. The van der Waals surface area contributed by atoms with Crippen molar-refractivity contribution in [2.75, 3.05) is 0 Å². The molecule has 0 fully saturated rings. The first-order valence-electron chi connectivity index (χ1n) is 10.6. The van der Waals surface area contributed by atoms with Gasteiger partial charge in [-0.2, -0.15) is 0 Å². The molecule has 0 saturated carbocycles. The van der Waals surface area contributed by atoms with Gasteiger partial charge in [0.05, 0.1) is 12.4 Å². The van der Waals surface area contributed by atoms with Crippen LogP contribution < -0.4 is 27.4 Å². The van der Waals surface area contributed by atoms with Gasteiger partial charge in [0.15, 0.2) is 0 Å². The van der Waals surface area contributed by atoms with Gasteiger partial charge < -0.3 is 37.5 Å².